The van der Waals surface area contributed by atoms with Crippen LogP contribution < -0.4 is 4.74 Å². The molecule has 3 rings (SSSR count). The van der Waals surface area contributed by atoms with Crippen molar-refractivity contribution in [2.75, 3.05) is 32.8 Å². The first-order valence-electron chi connectivity index (χ1n) is 10.1. The maximum atomic E-state index is 13.9. The van der Waals surface area contributed by atoms with Crippen molar-refractivity contribution in [3.8, 4) is 5.75 Å². The summed E-state index contributed by atoms with van der Waals surface area (Å²) in [4.78, 5) is 2.07. The molecule has 2 aromatic carbocycles. The number of nitrogens with zero attached hydrogens (tertiary/aromatic N) is 1. The first-order chi connectivity index (χ1) is 14.2. The SMILES string of the molecule is Cc1cc(OCC(O)CN2CCOC(c3cc(F)c(Cl)cc3Cl)C2)ccc1C(C)C.Cl. The number of hydrogen-bond acceptors (Lipinski definition) is 4. The Bertz CT molecular complexity index is 881. The molecule has 31 heavy (non-hydrogen) atoms. The maximum absolute atomic E-state index is 13.9. The summed E-state index contributed by atoms with van der Waals surface area (Å²) in [6.07, 6.45) is -1.04. The first-order valence-corrected chi connectivity index (χ1v) is 10.9. The Balaban J connectivity index is 0.00000341. The highest BCUT2D eigenvalue weighted by atomic mass is 35.5. The Hall–Kier alpha value is -1.08. The van der Waals surface area contributed by atoms with Crippen molar-refractivity contribution in [3.63, 3.8) is 0 Å². The molecular formula is C23H29Cl3FNO3. The summed E-state index contributed by atoms with van der Waals surface area (Å²) < 4.78 is 25.4. The van der Waals surface area contributed by atoms with Crippen molar-refractivity contribution >= 4 is 35.6 Å². The lowest BCUT2D eigenvalue weighted by atomic mass is 9.98. The van der Waals surface area contributed by atoms with Crippen LogP contribution in [0.3, 0.4) is 0 Å². The summed E-state index contributed by atoms with van der Waals surface area (Å²) >= 11 is 12.0. The van der Waals surface area contributed by atoms with Crippen LogP contribution in [0.5, 0.6) is 5.75 Å². The molecule has 2 aromatic rings. The average molecular weight is 493 g/mol. The molecule has 1 saturated heterocycles. The number of aliphatic hydroxyl groups excluding tert-OH is 1. The van der Waals surface area contributed by atoms with E-state index < -0.39 is 11.9 Å². The predicted molar refractivity (Wildman–Crippen MR) is 126 cm³/mol. The van der Waals surface area contributed by atoms with Crippen molar-refractivity contribution in [1.82, 2.24) is 4.90 Å². The van der Waals surface area contributed by atoms with Crippen molar-refractivity contribution in [3.05, 3.63) is 62.9 Å². The Morgan fingerprint density at radius 1 is 1.23 bits per heavy atom. The third kappa shape index (κ3) is 6.95. The van der Waals surface area contributed by atoms with Crippen LogP contribution in [-0.2, 0) is 4.74 Å². The molecule has 1 heterocycles. The van der Waals surface area contributed by atoms with E-state index in [4.69, 9.17) is 32.7 Å². The van der Waals surface area contributed by atoms with Gasteiger partial charge in [-0.25, -0.2) is 4.39 Å². The molecule has 4 nitrogen and oxygen atoms in total. The van der Waals surface area contributed by atoms with Crippen LogP contribution in [0.4, 0.5) is 4.39 Å². The number of halogens is 4. The van der Waals surface area contributed by atoms with E-state index in [2.05, 4.69) is 31.7 Å². The zero-order valence-electron chi connectivity index (χ0n) is 17.9. The van der Waals surface area contributed by atoms with Crippen molar-refractivity contribution in [2.24, 2.45) is 0 Å². The zero-order valence-corrected chi connectivity index (χ0v) is 20.2. The van der Waals surface area contributed by atoms with Crippen LogP contribution in [0.1, 0.15) is 42.6 Å². The molecule has 1 aliphatic heterocycles. The number of aliphatic hydroxyl groups is 1. The molecule has 0 aliphatic carbocycles. The third-order valence-corrected chi connectivity index (χ3v) is 5.93. The largest absolute Gasteiger partial charge is 0.491 e. The van der Waals surface area contributed by atoms with E-state index in [0.717, 1.165) is 5.75 Å². The number of morpholine rings is 1. The van der Waals surface area contributed by atoms with Crippen molar-refractivity contribution < 1.29 is 19.0 Å². The fourth-order valence-electron chi connectivity index (χ4n) is 3.77. The lowest BCUT2D eigenvalue weighted by Crippen LogP contribution is -2.43. The van der Waals surface area contributed by atoms with Gasteiger partial charge < -0.3 is 14.6 Å². The second-order valence-electron chi connectivity index (χ2n) is 8.04. The lowest BCUT2D eigenvalue weighted by molar-refractivity contribution is -0.0460. The van der Waals surface area contributed by atoms with E-state index in [1.54, 1.807) is 0 Å². The van der Waals surface area contributed by atoms with Crippen molar-refractivity contribution in [1.29, 1.82) is 0 Å². The molecule has 172 valence electrons. The smallest absolute Gasteiger partial charge is 0.142 e. The van der Waals surface area contributed by atoms with Gasteiger partial charge in [0.25, 0.3) is 0 Å². The molecule has 0 aromatic heterocycles. The van der Waals surface area contributed by atoms with E-state index in [9.17, 15) is 9.50 Å². The standard InChI is InChI=1S/C23H28Cl2FNO3.ClH/c1-14(2)18-5-4-17(8-15(18)3)30-13-16(28)11-27-6-7-29-23(12-27)19-9-22(26)21(25)10-20(19)24;/h4-5,8-10,14,16,23,28H,6-7,11-13H2,1-3H3;1H. The predicted octanol–water partition coefficient (Wildman–Crippen LogP) is 5.80. The summed E-state index contributed by atoms with van der Waals surface area (Å²) in [6.45, 7) is 8.65. The van der Waals surface area contributed by atoms with E-state index in [-0.39, 0.29) is 30.1 Å². The van der Waals surface area contributed by atoms with Crippen LogP contribution in [0.2, 0.25) is 10.0 Å². The fourth-order valence-corrected chi connectivity index (χ4v) is 4.28. The number of aryl methyl sites for hydroxylation is 1. The molecule has 2 unspecified atom stereocenters. The lowest BCUT2D eigenvalue weighted by Gasteiger charge is -2.34. The molecular weight excluding hydrogens is 464 g/mol. The Morgan fingerprint density at radius 2 is 1.97 bits per heavy atom. The minimum Gasteiger partial charge on any atom is -0.491 e. The summed E-state index contributed by atoms with van der Waals surface area (Å²) in [5.41, 5.74) is 3.04. The Kier molecular flexibility index (Phi) is 9.87. The van der Waals surface area contributed by atoms with E-state index in [1.165, 1.54) is 23.3 Å². The quantitative estimate of drug-likeness (QED) is 0.496. The van der Waals surface area contributed by atoms with Gasteiger partial charge in [-0.3, -0.25) is 4.90 Å². The molecule has 0 bridgehead atoms. The Morgan fingerprint density at radius 3 is 2.65 bits per heavy atom. The second kappa shape index (κ2) is 11.7. The van der Waals surface area contributed by atoms with Crippen LogP contribution in [0.25, 0.3) is 0 Å². The highest BCUT2D eigenvalue weighted by Crippen LogP contribution is 2.32. The number of ether oxygens (including phenoxy) is 2. The molecule has 8 heteroatoms. The summed E-state index contributed by atoms with van der Waals surface area (Å²) in [5.74, 6) is 0.685. The van der Waals surface area contributed by atoms with E-state index >= 15 is 0 Å². The topological polar surface area (TPSA) is 41.9 Å². The first kappa shape index (κ1) is 26.2. The molecule has 0 spiro atoms. The normalized spacial score (nSPS) is 18.0. The van der Waals surface area contributed by atoms with Gasteiger partial charge in [0, 0.05) is 30.2 Å². The Labute approximate surface area is 199 Å². The minimum atomic E-state index is -0.661. The van der Waals surface area contributed by atoms with Gasteiger partial charge >= 0.3 is 0 Å². The molecule has 0 radical (unpaired) electrons. The molecule has 0 amide bonds. The summed E-state index contributed by atoms with van der Waals surface area (Å²) in [5, 5.41) is 10.8. The van der Waals surface area contributed by atoms with E-state index in [1.807, 2.05) is 12.1 Å². The zero-order chi connectivity index (χ0) is 21.8. The van der Waals surface area contributed by atoms with E-state index in [0.29, 0.717) is 42.7 Å². The molecule has 1 N–H and O–H groups in total. The van der Waals surface area contributed by atoms with Gasteiger partial charge in [-0.2, -0.15) is 0 Å². The van der Waals surface area contributed by atoms with Crippen LogP contribution in [-0.4, -0.2) is 49.0 Å². The molecule has 1 aliphatic rings. The molecule has 2 atom stereocenters. The monoisotopic (exact) mass is 491 g/mol. The van der Waals surface area contributed by atoms with Gasteiger partial charge in [-0.1, -0.05) is 43.1 Å². The van der Waals surface area contributed by atoms with Gasteiger partial charge in [0.1, 0.15) is 24.3 Å². The molecule has 1 fully saturated rings. The maximum Gasteiger partial charge on any atom is 0.142 e. The van der Waals surface area contributed by atoms with Gasteiger partial charge in [0.2, 0.25) is 0 Å². The van der Waals surface area contributed by atoms with Gasteiger partial charge in [-0.15, -0.1) is 12.4 Å². The van der Waals surface area contributed by atoms with Crippen LogP contribution >= 0.6 is 35.6 Å². The summed E-state index contributed by atoms with van der Waals surface area (Å²) in [7, 11) is 0. The highest BCUT2D eigenvalue weighted by Gasteiger charge is 2.26. The van der Waals surface area contributed by atoms with Gasteiger partial charge in [0.05, 0.1) is 17.7 Å². The number of rotatable bonds is 7. The number of benzene rings is 2. The summed E-state index contributed by atoms with van der Waals surface area (Å²) in [6, 6.07) is 8.73. The van der Waals surface area contributed by atoms with Crippen LogP contribution in [0.15, 0.2) is 30.3 Å². The minimum absolute atomic E-state index is 0. The van der Waals surface area contributed by atoms with Gasteiger partial charge in [0.15, 0.2) is 0 Å². The number of β-amino-alcohol motifs (C(OH)–C–C–N with tert-alkyl or cyclic N) is 1. The average Bonchev–Trinajstić information content (AvgIpc) is 2.69. The number of hydrogen-bond donors (Lipinski definition) is 1. The highest BCUT2D eigenvalue weighted by molar-refractivity contribution is 6.35. The fraction of sp³-hybridized carbons (Fsp3) is 0.478. The van der Waals surface area contributed by atoms with Gasteiger partial charge in [-0.05, 0) is 48.2 Å². The van der Waals surface area contributed by atoms with Crippen LogP contribution in [0, 0.1) is 12.7 Å². The molecule has 0 saturated carbocycles. The van der Waals surface area contributed by atoms with Crippen molar-refractivity contribution in [2.45, 2.75) is 38.9 Å². The third-order valence-electron chi connectivity index (χ3n) is 5.31. The second-order valence-corrected chi connectivity index (χ2v) is 8.86.